The lowest BCUT2D eigenvalue weighted by Gasteiger charge is -2.20. The summed E-state index contributed by atoms with van der Waals surface area (Å²) >= 11 is 0. The van der Waals surface area contributed by atoms with Crippen LogP contribution in [-0.4, -0.2) is 11.6 Å². The largest absolute Gasteiger partial charge is 0.455 e. The summed E-state index contributed by atoms with van der Waals surface area (Å²) in [5, 5.41) is 0. The van der Waals surface area contributed by atoms with Crippen LogP contribution in [0.3, 0.4) is 0 Å². The monoisotopic (exact) mass is 139 g/mol. The predicted octanol–water partition coefficient (Wildman–Crippen LogP) is 1.47. The van der Waals surface area contributed by atoms with Gasteiger partial charge < -0.3 is 4.74 Å². The molecule has 0 fully saturated rings. The molecule has 1 unspecified atom stereocenters. The quantitative estimate of drug-likeness (QED) is 0.406. The Balaban J connectivity index is 2.52. The van der Waals surface area contributed by atoms with Crippen LogP contribution in [-0.2, 0) is 9.53 Å². The van der Waals surface area contributed by atoms with Crippen molar-refractivity contribution in [2.75, 3.05) is 0 Å². The molecule has 55 valence electrons. The molecule has 0 saturated carbocycles. The van der Waals surface area contributed by atoms with Crippen molar-refractivity contribution in [1.82, 2.24) is 0 Å². The first-order chi connectivity index (χ1) is 4.62. The third-order valence-electron chi connectivity index (χ3n) is 1.62. The van der Waals surface area contributed by atoms with Crippen LogP contribution in [0, 0.1) is 6.92 Å². The maximum absolute atomic E-state index is 10.4. The molecule has 2 heteroatoms. The molecule has 1 atom stereocenters. The van der Waals surface area contributed by atoms with Gasteiger partial charge in [0, 0.05) is 0 Å². The third kappa shape index (κ3) is 1.59. The fraction of sp³-hybridized carbons (Fsp3) is 0.500. The van der Waals surface area contributed by atoms with E-state index in [4.69, 9.17) is 4.74 Å². The molecule has 1 aliphatic carbocycles. The smallest absolute Gasteiger partial charge is 0.307 e. The number of rotatable bonds is 1. The van der Waals surface area contributed by atoms with Crippen molar-refractivity contribution in [3.8, 4) is 0 Å². The molecule has 0 aromatic heterocycles. The van der Waals surface area contributed by atoms with Crippen molar-refractivity contribution in [2.45, 2.75) is 25.4 Å². The van der Waals surface area contributed by atoms with E-state index in [1.54, 1.807) is 0 Å². The first-order valence-corrected chi connectivity index (χ1v) is 3.35. The van der Waals surface area contributed by atoms with Gasteiger partial charge in [-0.15, -0.1) is 0 Å². The van der Waals surface area contributed by atoms with E-state index in [2.05, 4.69) is 6.92 Å². The van der Waals surface area contributed by atoms with E-state index in [-0.39, 0.29) is 5.60 Å². The molecule has 1 aliphatic rings. The van der Waals surface area contributed by atoms with Gasteiger partial charge in [0.2, 0.25) is 0 Å². The zero-order valence-electron chi connectivity index (χ0n) is 6.09. The van der Waals surface area contributed by atoms with E-state index in [0.29, 0.717) is 0 Å². The summed E-state index contributed by atoms with van der Waals surface area (Å²) in [5.74, 6) is -0.450. The van der Waals surface area contributed by atoms with Gasteiger partial charge >= 0.3 is 5.97 Å². The first kappa shape index (κ1) is 7.32. The molecule has 0 N–H and O–H groups in total. The van der Waals surface area contributed by atoms with Gasteiger partial charge in [0.05, 0.1) is 6.92 Å². The summed E-state index contributed by atoms with van der Waals surface area (Å²) in [7, 11) is 0. The van der Waals surface area contributed by atoms with Crippen molar-refractivity contribution in [2.24, 2.45) is 0 Å². The predicted molar refractivity (Wildman–Crippen MR) is 38.2 cm³/mol. The molecule has 0 amide bonds. The van der Waals surface area contributed by atoms with E-state index < -0.39 is 5.97 Å². The van der Waals surface area contributed by atoms with Crippen molar-refractivity contribution in [1.29, 1.82) is 0 Å². The lowest BCUT2D eigenvalue weighted by molar-refractivity contribution is -0.147. The van der Waals surface area contributed by atoms with Crippen LogP contribution >= 0.6 is 0 Å². The van der Waals surface area contributed by atoms with Crippen LogP contribution in [0.2, 0.25) is 0 Å². The highest BCUT2D eigenvalue weighted by Crippen LogP contribution is 2.25. The van der Waals surface area contributed by atoms with E-state index in [1.165, 1.54) is 0 Å². The van der Waals surface area contributed by atoms with Gasteiger partial charge in [0.1, 0.15) is 5.60 Å². The van der Waals surface area contributed by atoms with E-state index in [1.807, 2.05) is 19.1 Å². The molecular weight excluding hydrogens is 128 g/mol. The van der Waals surface area contributed by atoms with Gasteiger partial charge in [-0.1, -0.05) is 6.08 Å². The van der Waals surface area contributed by atoms with Gasteiger partial charge in [-0.25, -0.2) is 0 Å². The number of carbonyl (C=O) groups excluding carboxylic acids is 1. The molecule has 10 heavy (non-hydrogen) atoms. The van der Waals surface area contributed by atoms with Crippen LogP contribution in [0.15, 0.2) is 12.2 Å². The Bertz CT molecular complexity index is 172. The Hall–Kier alpha value is -0.790. The highest BCUT2D eigenvalue weighted by Gasteiger charge is 2.26. The number of carbonyl (C=O) groups is 1. The first-order valence-electron chi connectivity index (χ1n) is 3.35. The third-order valence-corrected chi connectivity index (χ3v) is 1.62. The van der Waals surface area contributed by atoms with Crippen molar-refractivity contribution in [3.05, 3.63) is 19.1 Å². The second kappa shape index (κ2) is 2.45. The summed E-state index contributed by atoms with van der Waals surface area (Å²) in [6.45, 7) is 5.04. The Morgan fingerprint density at radius 3 is 2.90 bits per heavy atom. The number of esters is 1. The zero-order chi connectivity index (χ0) is 7.61. The van der Waals surface area contributed by atoms with Crippen LogP contribution in [0.4, 0.5) is 0 Å². The Morgan fingerprint density at radius 2 is 2.50 bits per heavy atom. The zero-order valence-corrected chi connectivity index (χ0v) is 6.09. The standard InChI is InChI=1S/C8H11O2/c1-7(9)10-8(2)5-3-4-6-8/h3,5H,1,4,6H2,2H3. The van der Waals surface area contributed by atoms with E-state index >= 15 is 0 Å². The minimum absolute atomic E-state index is 0.376. The molecule has 0 aromatic carbocycles. The molecule has 2 nitrogen and oxygen atoms in total. The second-order valence-electron chi connectivity index (χ2n) is 2.73. The fourth-order valence-corrected chi connectivity index (χ4v) is 1.13. The number of ether oxygens (including phenoxy) is 1. The average Bonchev–Trinajstić information content (AvgIpc) is 2.12. The Morgan fingerprint density at radius 1 is 1.80 bits per heavy atom. The maximum atomic E-state index is 10.4. The number of hydrogen-bond donors (Lipinski definition) is 0. The molecule has 0 spiro atoms. The van der Waals surface area contributed by atoms with Crippen LogP contribution < -0.4 is 0 Å². The SMILES string of the molecule is [CH2]C(=O)OC1(C)C=CCC1. The highest BCUT2D eigenvalue weighted by molar-refractivity contribution is 5.74. The topological polar surface area (TPSA) is 26.3 Å². The number of hydrogen-bond acceptors (Lipinski definition) is 2. The van der Waals surface area contributed by atoms with Crippen molar-refractivity contribution in [3.63, 3.8) is 0 Å². The van der Waals surface area contributed by atoms with Gasteiger partial charge in [0.15, 0.2) is 0 Å². The lowest BCUT2D eigenvalue weighted by atomic mass is 10.1. The lowest BCUT2D eigenvalue weighted by Crippen LogP contribution is -2.25. The molecule has 0 aromatic rings. The molecule has 0 saturated heterocycles. The average molecular weight is 139 g/mol. The fourth-order valence-electron chi connectivity index (χ4n) is 1.13. The van der Waals surface area contributed by atoms with Crippen molar-refractivity contribution >= 4 is 5.97 Å². The van der Waals surface area contributed by atoms with Gasteiger partial charge in [-0.3, -0.25) is 4.79 Å². The summed E-state index contributed by atoms with van der Waals surface area (Å²) < 4.78 is 4.96. The van der Waals surface area contributed by atoms with Gasteiger partial charge in [-0.2, -0.15) is 0 Å². The summed E-state index contributed by atoms with van der Waals surface area (Å²) in [4.78, 5) is 10.4. The minimum atomic E-state index is -0.450. The van der Waals surface area contributed by atoms with Crippen molar-refractivity contribution < 1.29 is 9.53 Å². The molecule has 1 rings (SSSR count). The number of allylic oxidation sites excluding steroid dienone is 1. The van der Waals surface area contributed by atoms with E-state index in [9.17, 15) is 4.79 Å². The second-order valence-corrected chi connectivity index (χ2v) is 2.73. The van der Waals surface area contributed by atoms with E-state index in [0.717, 1.165) is 12.8 Å². The summed E-state index contributed by atoms with van der Waals surface area (Å²) in [5.41, 5.74) is -0.376. The highest BCUT2D eigenvalue weighted by atomic mass is 16.6. The Labute approximate surface area is 60.9 Å². The molecular formula is C8H11O2. The molecule has 0 bridgehead atoms. The minimum Gasteiger partial charge on any atom is -0.455 e. The maximum Gasteiger partial charge on any atom is 0.307 e. The molecule has 0 heterocycles. The van der Waals surface area contributed by atoms with Gasteiger partial charge in [-0.05, 0) is 25.8 Å². The van der Waals surface area contributed by atoms with Crippen LogP contribution in [0.5, 0.6) is 0 Å². The normalized spacial score (nSPS) is 30.6. The van der Waals surface area contributed by atoms with Gasteiger partial charge in [0.25, 0.3) is 0 Å². The van der Waals surface area contributed by atoms with Crippen LogP contribution in [0.1, 0.15) is 19.8 Å². The molecule has 0 aliphatic heterocycles. The molecule has 1 radical (unpaired) electrons. The Kier molecular flexibility index (Phi) is 1.79. The summed E-state index contributed by atoms with van der Waals surface area (Å²) in [6.07, 6.45) is 5.80. The summed E-state index contributed by atoms with van der Waals surface area (Å²) in [6, 6.07) is 0. The van der Waals surface area contributed by atoms with Crippen LogP contribution in [0.25, 0.3) is 0 Å².